The summed E-state index contributed by atoms with van der Waals surface area (Å²) >= 11 is 4.20. The number of cyclic esters (lactones) is 1. The van der Waals surface area contributed by atoms with Crippen molar-refractivity contribution in [3.05, 3.63) is 28.2 Å². The number of aliphatic imine (C=N–C) groups is 1. The average Bonchev–Trinajstić information content (AvgIpc) is 3.60. The topological polar surface area (TPSA) is 127 Å². The molecule has 9 nitrogen and oxygen atoms in total. The third kappa shape index (κ3) is 12.0. The van der Waals surface area contributed by atoms with Crippen LogP contribution < -0.4 is 10.6 Å². The molecule has 2 amide bonds. The van der Waals surface area contributed by atoms with Gasteiger partial charge in [0.05, 0.1) is 13.0 Å². The van der Waals surface area contributed by atoms with E-state index in [1.807, 2.05) is 11.5 Å². The molecule has 3 rings (SSSR count). The first-order valence-electron chi connectivity index (χ1n) is 15.4. The van der Waals surface area contributed by atoms with E-state index in [1.54, 1.807) is 13.0 Å². The average molecular weight is 651 g/mol. The summed E-state index contributed by atoms with van der Waals surface area (Å²) in [7, 11) is 0. The number of hydrogen-bond acceptors (Lipinski definition) is 10. The number of unbranched alkanes of at least 4 members (excludes halogenated alkanes) is 4. The van der Waals surface area contributed by atoms with Crippen molar-refractivity contribution < 1.29 is 23.9 Å². The lowest BCUT2D eigenvalue weighted by Crippen LogP contribution is -2.51. The quantitative estimate of drug-likeness (QED) is 0.156. The molecule has 12 heteroatoms. The number of esters is 1. The molecule has 1 aromatic rings. The van der Waals surface area contributed by atoms with E-state index < -0.39 is 23.7 Å². The van der Waals surface area contributed by atoms with Gasteiger partial charge >= 0.3 is 5.97 Å². The van der Waals surface area contributed by atoms with Gasteiger partial charge in [0.1, 0.15) is 33.4 Å². The standard InChI is InChI=1S/C31H46N4O5S3/c1-5-6-7-8-9-13-27(37)41-16-11-10-12-22-17-25(36)32-18-26-33-24(19-42-26)28-35-31(4,20-43-28)30(39)34-23(29(38)40-22)15-14-21(2)3/h10,12,19,21-23H,5-9,11,13-18,20H2,1-4H3,(H,32,36)(H,34,39)/b12-10+. The number of nitrogens with one attached hydrogen (secondary N) is 2. The predicted molar refractivity (Wildman–Crippen MR) is 176 cm³/mol. The fourth-order valence-corrected chi connectivity index (χ4v) is 7.24. The number of nitrogens with zero attached hydrogens (tertiary/aromatic N) is 2. The number of hydrogen-bond donors (Lipinski definition) is 2. The molecule has 0 fully saturated rings. The van der Waals surface area contributed by atoms with Gasteiger partial charge in [-0.3, -0.25) is 19.4 Å². The molecular weight excluding hydrogens is 605 g/mol. The summed E-state index contributed by atoms with van der Waals surface area (Å²) in [5.74, 6) is 0.202. The lowest BCUT2D eigenvalue weighted by molar-refractivity contribution is -0.152. The number of ether oxygens (including phenoxy) is 1. The molecule has 3 heterocycles. The second-order valence-corrected chi connectivity index (χ2v) is 14.7. The number of thiazole rings is 1. The number of allylic oxidation sites excluding steroid dienone is 1. The Kier molecular flexibility index (Phi) is 14.7. The fourth-order valence-electron chi connectivity index (χ4n) is 4.54. The zero-order chi connectivity index (χ0) is 31.2. The first-order valence-corrected chi connectivity index (χ1v) is 18.2. The van der Waals surface area contributed by atoms with Gasteiger partial charge in [-0.15, -0.1) is 23.1 Å². The Morgan fingerprint density at radius 1 is 1.23 bits per heavy atom. The third-order valence-corrected chi connectivity index (χ3v) is 10.3. The van der Waals surface area contributed by atoms with E-state index in [0.717, 1.165) is 17.8 Å². The summed E-state index contributed by atoms with van der Waals surface area (Å²) in [4.78, 5) is 61.2. The van der Waals surface area contributed by atoms with Crippen LogP contribution in [0.3, 0.4) is 0 Å². The van der Waals surface area contributed by atoms with E-state index in [2.05, 4.69) is 36.4 Å². The molecule has 43 heavy (non-hydrogen) atoms. The van der Waals surface area contributed by atoms with Crippen molar-refractivity contribution in [1.29, 1.82) is 0 Å². The minimum Gasteiger partial charge on any atom is -0.456 e. The van der Waals surface area contributed by atoms with Crippen molar-refractivity contribution >= 4 is 62.8 Å². The Labute approximate surface area is 268 Å². The fraction of sp³-hybridized carbons (Fsp3) is 0.677. The van der Waals surface area contributed by atoms with Gasteiger partial charge in [-0.2, -0.15) is 0 Å². The molecule has 238 valence electrons. The highest BCUT2D eigenvalue weighted by molar-refractivity contribution is 8.14. The molecule has 2 aliphatic heterocycles. The van der Waals surface area contributed by atoms with Gasteiger partial charge in [0.2, 0.25) is 11.8 Å². The van der Waals surface area contributed by atoms with Crippen molar-refractivity contribution in [2.45, 2.75) is 116 Å². The van der Waals surface area contributed by atoms with Crippen LogP contribution in [-0.2, 0) is 30.5 Å². The van der Waals surface area contributed by atoms with Gasteiger partial charge in [0.25, 0.3) is 0 Å². The minimum absolute atomic E-state index is 0.0601. The molecule has 0 spiro atoms. The van der Waals surface area contributed by atoms with E-state index in [4.69, 9.17) is 9.73 Å². The van der Waals surface area contributed by atoms with Crippen LogP contribution in [0.25, 0.3) is 0 Å². The Bertz CT molecular complexity index is 1170. The first kappa shape index (κ1) is 35.3. The lowest BCUT2D eigenvalue weighted by atomic mass is 10.0. The van der Waals surface area contributed by atoms with Crippen LogP contribution in [0.4, 0.5) is 0 Å². The molecule has 3 unspecified atom stereocenters. The number of amides is 2. The van der Waals surface area contributed by atoms with Gasteiger partial charge in [0, 0.05) is 23.3 Å². The van der Waals surface area contributed by atoms with Crippen molar-refractivity contribution in [2.24, 2.45) is 10.9 Å². The van der Waals surface area contributed by atoms with E-state index >= 15 is 0 Å². The van der Waals surface area contributed by atoms with Crippen LogP contribution in [0, 0.1) is 5.92 Å². The van der Waals surface area contributed by atoms with E-state index in [0.29, 0.717) is 53.8 Å². The Morgan fingerprint density at radius 2 is 2.02 bits per heavy atom. The van der Waals surface area contributed by atoms with Crippen molar-refractivity contribution in [1.82, 2.24) is 15.6 Å². The number of rotatable bonds is 13. The predicted octanol–water partition coefficient (Wildman–Crippen LogP) is 5.81. The highest BCUT2D eigenvalue weighted by Gasteiger charge is 2.41. The molecule has 3 atom stereocenters. The summed E-state index contributed by atoms with van der Waals surface area (Å²) in [5, 5.41) is 9.26. The van der Waals surface area contributed by atoms with Gasteiger partial charge in [-0.1, -0.05) is 64.3 Å². The summed E-state index contributed by atoms with van der Waals surface area (Å²) < 4.78 is 5.84. The van der Waals surface area contributed by atoms with Crippen LogP contribution in [0.5, 0.6) is 0 Å². The summed E-state index contributed by atoms with van der Waals surface area (Å²) in [6.45, 7) is 8.30. The lowest BCUT2D eigenvalue weighted by Gasteiger charge is -2.25. The SMILES string of the molecule is CCCCCCCC(=O)SCC/C=C/C1CC(=O)NCc2nc(cs2)C2=NC(C)(CS2)C(=O)NC(CCC(C)C)C(=O)O1. The first-order chi connectivity index (χ1) is 20.6. The zero-order valence-electron chi connectivity index (χ0n) is 25.8. The van der Waals surface area contributed by atoms with Gasteiger partial charge in [0.15, 0.2) is 5.12 Å². The van der Waals surface area contributed by atoms with Crippen LogP contribution in [-0.4, -0.2) is 62.1 Å². The van der Waals surface area contributed by atoms with E-state index in [9.17, 15) is 19.2 Å². The van der Waals surface area contributed by atoms with Crippen LogP contribution in [0.15, 0.2) is 22.5 Å². The second-order valence-electron chi connectivity index (χ2n) is 11.7. The maximum atomic E-state index is 13.4. The molecule has 4 bridgehead atoms. The smallest absolute Gasteiger partial charge is 0.329 e. The summed E-state index contributed by atoms with van der Waals surface area (Å²) in [5.41, 5.74) is -0.345. The monoisotopic (exact) mass is 650 g/mol. The highest BCUT2D eigenvalue weighted by atomic mass is 32.2. The Hall–Kier alpha value is -2.18. The number of aromatic nitrogens is 1. The molecule has 0 saturated carbocycles. The van der Waals surface area contributed by atoms with Crippen LogP contribution in [0.2, 0.25) is 0 Å². The van der Waals surface area contributed by atoms with Crippen molar-refractivity contribution in [2.75, 3.05) is 11.5 Å². The van der Waals surface area contributed by atoms with Gasteiger partial charge in [-0.25, -0.2) is 9.78 Å². The number of thioether (sulfide) groups is 2. The summed E-state index contributed by atoms with van der Waals surface area (Å²) in [6.07, 6.45) is 10.6. The maximum Gasteiger partial charge on any atom is 0.329 e. The largest absolute Gasteiger partial charge is 0.456 e. The van der Waals surface area contributed by atoms with Gasteiger partial charge < -0.3 is 15.4 Å². The molecule has 0 saturated heterocycles. The van der Waals surface area contributed by atoms with Crippen molar-refractivity contribution in [3.8, 4) is 0 Å². The minimum atomic E-state index is -1.03. The molecule has 0 aromatic carbocycles. The van der Waals surface area contributed by atoms with Crippen molar-refractivity contribution in [3.63, 3.8) is 0 Å². The normalized spacial score (nSPS) is 23.3. The number of carbonyl (C=O) groups is 4. The van der Waals surface area contributed by atoms with E-state index in [1.165, 1.54) is 54.1 Å². The van der Waals surface area contributed by atoms with Crippen LogP contribution in [0.1, 0.15) is 103 Å². The highest BCUT2D eigenvalue weighted by Crippen LogP contribution is 2.32. The molecule has 2 aliphatic rings. The molecule has 2 N–H and O–H groups in total. The third-order valence-electron chi connectivity index (χ3n) is 7.19. The molecule has 0 aliphatic carbocycles. The van der Waals surface area contributed by atoms with Gasteiger partial charge in [-0.05, 0) is 44.6 Å². The summed E-state index contributed by atoms with van der Waals surface area (Å²) in [6, 6.07) is -0.862. The molecule has 0 radical (unpaired) electrons. The molecular formula is C31H46N4O5S3. The number of fused-ring (bicyclic) bond motifs is 4. The number of carbonyl (C=O) groups excluding carboxylic acids is 4. The maximum absolute atomic E-state index is 13.4. The molecule has 1 aromatic heterocycles. The van der Waals surface area contributed by atoms with Crippen LogP contribution >= 0.6 is 34.9 Å². The van der Waals surface area contributed by atoms with E-state index in [-0.39, 0.29) is 29.9 Å². The Morgan fingerprint density at radius 3 is 2.79 bits per heavy atom. The zero-order valence-corrected chi connectivity index (χ0v) is 28.3. The Balaban J connectivity index is 1.69. The second kappa shape index (κ2) is 17.9.